The van der Waals surface area contributed by atoms with Gasteiger partial charge in [-0.2, -0.15) is 0 Å². The first-order chi connectivity index (χ1) is 15.0. The molecule has 0 N–H and O–H groups in total. The fourth-order valence-electron chi connectivity index (χ4n) is 4.99. The first-order valence-corrected chi connectivity index (χ1v) is 11.0. The quantitative estimate of drug-likeness (QED) is 0.638. The lowest BCUT2D eigenvalue weighted by molar-refractivity contribution is -0.143. The Bertz CT molecular complexity index is 1000. The van der Waals surface area contributed by atoms with Gasteiger partial charge in [-0.1, -0.05) is 39.8 Å². The van der Waals surface area contributed by atoms with E-state index in [2.05, 4.69) is 32.4 Å². The third kappa shape index (κ3) is 4.23. The standard InChI is InChI=1S/C26H30O6/c1-25(2)10-17(27)23-19(12-25)32-20-13-26(3,4)11-18(28)24(20)22(23)15-7-6-8-16(9-15)31-14-21(29)30-5/h6-9,22H,10-14H2,1-5H3. The molecule has 0 saturated carbocycles. The van der Waals surface area contributed by atoms with Crippen molar-refractivity contribution in [1.29, 1.82) is 0 Å². The van der Waals surface area contributed by atoms with E-state index in [4.69, 9.17) is 9.47 Å². The fourth-order valence-corrected chi connectivity index (χ4v) is 4.99. The zero-order valence-corrected chi connectivity index (χ0v) is 19.4. The van der Waals surface area contributed by atoms with Gasteiger partial charge in [0, 0.05) is 42.7 Å². The van der Waals surface area contributed by atoms with Crippen molar-refractivity contribution in [1.82, 2.24) is 0 Å². The van der Waals surface area contributed by atoms with Crippen molar-refractivity contribution >= 4 is 17.5 Å². The van der Waals surface area contributed by atoms with Gasteiger partial charge in [0.2, 0.25) is 0 Å². The molecule has 1 heterocycles. The Labute approximate surface area is 188 Å². The SMILES string of the molecule is COC(=O)COc1cccc(C2C3=C(CC(C)(C)CC3=O)OC3=C2C(=O)CC(C)(C)C3)c1. The van der Waals surface area contributed by atoms with Gasteiger partial charge in [-0.3, -0.25) is 9.59 Å². The number of esters is 1. The lowest BCUT2D eigenvalue weighted by Gasteiger charge is -2.42. The van der Waals surface area contributed by atoms with Crippen LogP contribution in [-0.4, -0.2) is 31.3 Å². The van der Waals surface area contributed by atoms with Crippen molar-refractivity contribution in [3.63, 3.8) is 0 Å². The molecule has 0 unspecified atom stereocenters. The van der Waals surface area contributed by atoms with E-state index in [1.54, 1.807) is 12.1 Å². The van der Waals surface area contributed by atoms with Crippen LogP contribution in [0.2, 0.25) is 0 Å². The first kappa shape index (κ1) is 22.3. The van der Waals surface area contributed by atoms with Crippen LogP contribution in [0.3, 0.4) is 0 Å². The molecule has 1 aromatic rings. The molecule has 2 aliphatic carbocycles. The lowest BCUT2D eigenvalue weighted by Crippen LogP contribution is -2.37. The monoisotopic (exact) mass is 438 g/mol. The highest BCUT2D eigenvalue weighted by molar-refractivity contribution is 6.06. The number of allylic oxidation sites excluding steroid dienone is 4. The predicted octanol–water partition coefficient (Wildman–Crippen LogP) is 4.64. The molecule has 0 spiro atoms. The van der Waals surface area contributed by atoms with Gasteiger partial charge in [0.25, 0.3) is 0 Å². The Kier molecular flexibility index (Phi) is 5.51. The Morgan fingerprint density at radius 3 is 2.06 bits per heavy atom. The molecule has 32 heavy (non-hydrogen) atoms. The van der Waals surface area contributed by atoms with Gasteiger partial charge in [-0.25, -0.2) is 4.79 Å². The molecule has 4 rings (SSSR count). The third-order valence-electron chi connectivity index (χ3n) is 6.36. The zero-order chi connectivity index (χ0) is 23.3. The average Bonchev–Trinajstić information content (AvgIpc) is 2.68. The van der Waals surface area contributed by atoms with Gasteiger partial charge in [-0.15, -0.1) is 0 Å². The van der Waals surface area contributed by atoms with Crippen molar-refractivity contribution in [2.24, 2.45) is 10.8 Å². The van der Waals surface area contributed by atoms with Gasteiger partial charge in [0.05, 0.1) is 7.11 Å². The number of carbonyl (C=O) groups excluding carboxylic acids is 3. The van der Waals surface area contributed by atoms with E-state index in [9.17, 15) is 14.4 Å². The van der Waals surface area contributed by atoms with Crippen molar-refractivity contribution in [2.45, 2.75) is 59.3 Å². The minimum absolute atomic E-state index is 0.0197. The number of ketones is 2. The van der Waals surface area contributed by atoms with Crippen LogP contribution in [0, 0.1) is 10.8 Å². The smallest absolute Gasteiger partial charge is 0.343 e. The number of hydrogen-bond acceptors (Lipinski definition) is 6. The van der Waals surface area contributed by atoms with Crippen molar-refractivity contribution in [2.75, 3.05) is 13.7 Å². The molecule has 6 nitrogen and oxygen atoms in total. The van der Waals surface area contributed by atoms with E-state index in [-0.39, 0.29) is 29.0 Å². The maximum atomic E-state index is 13.3. The Balaban J connectivity index is 1.81. The molecule has 0 aromatic heterocycles. The average molecular weight is 439 g/mol. The molecule has 1 aromatic carbocycles. The summed E-state index contributed by atoms with van der Waals surface area (Å²) in [5, 5.41) is 0. The summed E-state index contributed by atoms with van der Waals surface area (Å²) >= 11 is 0. The Hall–Kier alpha value is -2.89. The highest BCUT2D eigenvalue weighted by Crippen LogP contribution is 2.53. The number of ether oxygens (including phenoxy) is 3. The topological polar surface area (TPSA) is 78.9 Å². The minimum Gasteiger partial charge on any atom is -0.482 e. The second-order valence-electron chi connectivity index (χ2n) is 10.5. The predicted molar refractivity (Wildman–Crippen MR) is 118 cm³/mol. The largest absolute Gasteiger partial charge is 0.482 e. The van der Waals surface area contributed by atoms with Gasteiger partial charge in [-0.05, 0) is 28.5 Å². The molecule has 170 valence electrons. The zero-order valence-electron chi connectivity index (χ0n) is 19.4. The van der Waals surface area contributed by atoms with E-state index >= 15 is 0 Å². The lowest BCUT2D eigenvalue weighted by atomic mass is 9.65. The highest BCUT2D eigenvalue weighted by atomic mass is 16.6. The summed E-state index contributed by atoms with van der Waals surface area (Å²) in [6.45, 7) is 8.04. The van der Waals surface area contributed by atoms with Crippen LogP contribution in [0.5, 0.6) is 5.75 Å². The summed E-state index contributed by atoms with van der Waals surface area (Å²) in [5.41, 5.74) is 1.57. The van der Waals surface area contributed by atoms with Crippen LogP contribution < -0.4 is 4.74 Å². The summed E-state index contributed by atoms with van der Waals surface area (Å²) in [6.07, 6.45) is 2.11. The summed E-state index contributed by atoms with van der Waals surface area (Å²) in [6, 6.07) is 7.25. The summed E-state index contributed by atoms with van der Waals surface area (Å²) in [4.78, 5) is 38.1. The van der Waals surface area contributed by atoms with Crippen LogP contribution in [0.15, 0.2) is 46.9 Å². The maximum absolute atomic E-state index is 13.3. The highest BCUT2D eigenvalue weighted by Gasteiger charge is 2.47. The molecule has 0 radical (unpaired) electrons. The first-order valence-electron chi connectivity index (χ1n) is 11.0. The third-order valence-corrected chi connectivity index (χ3v) is 6.36. The number of methoxy groups -OCH3 is 1. The minimum atomic E-state index is -0.484. The molecule has 0 atom stereocenters. The van der Waals surface area contributed by atoms with Gasteiger partial charge >= 0.3 is 5.97 Å². The molecular formula is C26H30O6. The molecule has 0 bridgehead atoms. The van der Waals surface area contributed by atoms with Crippen LogP contribution in [-0.2, 0) is 23.9 Å². The van der Waals surface area contributed by atoms with Gasteiger partial charge < -0.3 is 14.2 Å². The summed E-state index contributed by atoms with van der Waals surface area (Å²) in [7, 11) is 1.30. The fraction of sp³-hybridized carbons (Fsp3) is 0.500. The molecule has 0 saturated heterocycles. The summed E-state index contributed by atoms with van der Waals surface area (Å²) in [5.74, 6) is 0.921. The Morgan fingerprint density at radius 1 is 0.969 bits per heavy atom. The second kappa shape index (κ2) is 7.91. The Morgan fingerprint density at radius 2 is 1.53 bits per heavy atom. The molecule has 1 aliphatic heterocycles. The van der Waals surface area contributed by atoms with E-state index in [0.717, 1.165) is 5.56 Å². The van der Waals surface area contributed by atoms with E-state index in [1.807, 2.05) is 12.1 Å². The summed E-state index contributed by atoms with van der Waals surface area (Å²) < 4.78 is 16.5. The number of carbonyl (C=O) groups is 3. The van der Waals surface area contributed by atoms with Crippen LogP contribution in [0.25, 0.3) is 0 Å². The molecular weight excluding hydrogens is 408 g/mol. The van der Waals surface area contributed by atoms with Crippen LogP contribution >= 0.6 is 0 Å². The molecule has 0 fully saturated rings. The number of hydrogen-bond donors (Lipinski definition) is 0. The van der Waals surface area contributed by atoms with Gasteiger partial charge in [0.15, 0.2) is 18.2 Å². The number of Topliss-reactive ketones (excluding diaryl/α,β-unsaturated/α-hetero) is 2. The van der Waals surface area contributed by atoms with Crippen LogP contribution in [0.4, 0.5) is 0 Å². The van der Waals surface area contributed by atoms with E-state index < -0.39 is 11.9 Å². The maximum Gasteiger partial charge on any atom is 0.343 e. The van der Waals surface area contributed by atoms with Crippen molar-refractivity contribution in [3.05, 3.63) is 52.5 Å². The number of benzene rings is 1. The van der Waals surface area contributed by atoms with Crippen molar-refractivity contribution < 1.29 is 28.6 Å². The normalized spacial score (nSPS) is 22.2. The van der Waals surface area contributed by atoms with Crippen molar-refractivity contribution in [3.8, 4) is 5.75 Å². The molecule has 0 amide bonds. The van der Waals surface area contributed by atoms with Crippen LogP contribution in [0.1, 0.15) is 64.9 Å². The van der Waals surface area contributed by atoms with E-state index in [0.29, 0.717) is 54.1 Å². The molecule has 6 heteroatoms. The second-order valence-corrected chi connectivity index (χ2v) is 10.5. The molecule has 3 aliphatic rings. The van der Waals surface area contributed by atoms with Gasteiger partial charge in [0.1, 0.15) is 17.3 Å². The number of rotatable bonds is 4. The van der Waals surface area contributed by atoms with E-state index in [1.165, 1.54) is 7.11 Å².